The second kappa shape index (κ2) is 5.47. The van der Waals surface area contributed by atoms with Gasteiger partial charge >= 0.3 is 0 Å². The summed E-state index contributed by atoms with van der Waals surface area (Å²) in [5.74, 6) is 0. The fourth-order valence-corrected chi connectivity index (χ4v) is 2.68. The van der Waals surface area contributed by atoms with E-state index in [0.717, 1.165) is 19.6 Å². The summed E-state index contributed by atoms with van der Waals surface area (Å²) >= 11 is 0. The van der Waals surface area contributed by atoms with E-state index in [1.165, 1.54) is 5.56 Å². The maximum atomic E-state index is 8.85. The minimum Gasteiger partial charge on any atom is -0.305 e. The van der Waals surface area contributed by atoms with Gasteiger partial charge in [-0.2, -0.15) is 5.26 Å². The predicted octanol–water partition coefficient (Wildman–Crippen LogP) is 1.55. The summed E-state index contributed by atoms with van der Waals surface area (Å²) in [6.07, 6.45) is 4.27. The first kappa shape index (κ1) is 13.0. The van der Waals surface area contributed by atoms with Crippen LogP contribution in [-0.4, -0.2) is 34.6 Å². The van der Waals surface area contributed by atoms with E-state index in [2.05, 4.69) is 41.2 Å². The van der Waals surface area contributed by atoms with E-state index in [1.54, 1.807) is 6.20 Å². The Balaban J connectivity index is 2.02. The highest BCUT2D eigenvalue weighted by Gasteiger charge is 2.31. The lowest BCUT2D eigenvalue weighted by Crippen LogP contribution is -2.61. The maximum Gasteiger partial charge on any atom is 0.0638 e. The van der Waals surface area contributed by atoms with Crippen molar-refractivity contribution in [2.75, 3.05) is 13.1 Å². The number of nitriles is 1. The predicted molar refractivity (Wildman–Crippen MR) is 70.7 cm³/mol. The molecule has 1 aliphatic heterocycles. The lowest BCUT2D eigenvalue weighted by molar-refractivity contribution is 0.112. The average molecular weight is 244 g/mol. The van der Waals surface area contributed by atoms with Crippen molar-refractivity contribution in [3.63, 3.8) is 0 Å². The van der Waals surface area contributed by atoms with E-state index in [9.17, 15) is 0 Å². The van der Waals surface area contributed by atoms with E-state index < -0.39 is 0 Å². The molecule has 1 fully saturated rings. The van der Waals surface area contributed by atoms with Gasteiger partial charge in [0.2, 0.25) is 0 Å². The highest BCUT2D eigenvalue weighted by molar-refractivity contribution is 5.09. The number of pyridine rings is 1. The number of aromatic nitrogens is 1. The van der Waals surface area contributed by atoms with Gasteiger partial charge < -0.3 is 5.32 Å². The van der Waals surface area contributed by atoms with Gasteiger partial charge in [-0.1, -0.05) is 6.07 Å². The van der Waals surface area contributed by atoms with Crippen molar-refractivity contribution >= 4 is 0 Å². The van der Waals surface area contributed by atoms with E-state index in [-0.39, 0.29) is 11.6 Å². The molecule has 1 N–H and O–H groups in total. The first-order chi connectivity index (χ1) is 8.59. The first-order valence-electron chi connectivity index (χ1n) is 6.35. The van der Waals surface area contributed by atoms with Crippen LogP contribution in [-0.2, 0) is 6.54 Å². The lowest BCUT2D eigenvalue weighted by Gasteiger charge is -2.43. The Kier molecular flexibility index (Phi) is 3.95. The fraction of sp³-hybridized carbons (Fsp3) is 0.571. The van der Waals surface area contributed by atoms with Crippen molar-refractivity contribution in [3.05, 3.63) is 30.1 Å². The zero-order valence-electron chi connectivity index (χ0n) is 11.1. The Morgan fingerprint density at radius 3 is 3.11 bits per heavy atom. The molecule has 1 aromatic heterocycles. The summed E-state index contributed by atoms with van der Waals surface area (Å²) < 4.78 is 0. The molecule has 1 aliphatic rings. The molecule has 0 spiro atoms. The Morgan fingerprint density at radius 1 is 1.61 bits per heavy atom. The molecular weight excluding hydrogens is 224 g/mol. The van der Waals surface area contributed by atoms with Crippen LogP contribution in [0, 0.1) is 11.3 Å². The van der Waals surface area contributed by atoms with Gasteiger partial charge in [0.15, 0.2) is 0 Å². The molecule has 1 unspecified atom stereocenters. The molecule has 1 aromatic rings. The summed E-state index contributed by atoms with van der Waals surface area (Å²) in [5, 5.41) is 12.4. The highest BCUT2D eigenvalue weighted by Crippen LogP contribution is 2.17. The third-order valence-corrected chi connectivity index (χ3v) is 3.16. The Hall–Kier alpha value is -1.44. The van der Waals surface area contributed by atoms with E-state index in [1.807, 2.05) is 12.3 Å². The van der Waals surface area contributed by atoms with Crippen LogP contribution in [0.4, 0.5) is 0 Å². The van der Waals surface area contributed by atoms with E-state index in [0.29, 0.717) is 6.42 Å². The van der Waals surface area contributed by atoms with Gasteiger partial charge in [0, 0.05) is 43.6 Å². The van der Waals surface area contributed by atoms with Crippen LogP contribution in [0.1, 0.15) is 25.8 Å². The third-order valence-electron chi connectivity index (χ3n) is 3.16. The quantitative estimate of drug-likeness (QED) is 0.876. The number of rotatable bonds is 3. The zero-order valence-corrected chi connectivity index (χ0v) is 11.1. The summed E-state index contributed by atoms with van der Waals surface area (Å²) in [4.78, 5) is 6.55. The van der Waals surface area contributed by atoms with Crippen LogP contribution in [0.25, 0.3) is 0 Å². The highest BCUT2D eigenvalue weighted by atomic mass is 15.2. The average Bonchev–Trinajstić information content (AvgIpc) is 2.28. The molecular formula is C14H20N4. The van der Waals surface area contributed by atoms with E-state index >= 15 is 0 Å². The monoisotopic (exact) mass is 244 g/mol. The number of nitrogens with zero attached hydrogens (tertiary/aromatic N) is 3. The molecule has 0 aromatic carbocycles. The molecule has 4 nitrogen and oxygen atoms in total. The van der Waals surface area contributed by atoms with Crippen LogP contribution < -0.4 is 5.32 Å². The number of hydrogen-bond acceptors (Lipinski definition) is 4. The van der Waals surface area contributed by atoms with Gasteiger partial charge in [0.1, 0.15) is 0 Å². The maximum absolute atomic E-state index is 8.85. The normalized spacial score (nSPS) is 23.5. The SMILES string of the molecule is CC1(C)CN(Cc2cccnc2)CC(CC#N)N1. The van der Waals surface area contributed by atoms with E-state index in [4.69, 9.17) is 5.26 Å². The zero-order chi connectivity index (χ0) is 13.0. The number of piperazine rings is 1. The standard InChI is InChI=1S/C14H20N4/c1-14(2)11-18(10-13(17-14)5-6-15)9-12-4-3-7-16-8-12/h3-4,7-8,13,17H,5,9-11H2,1-2H3. The van der Waals surface area contributed by atoms with Crippen molar-refractivity contribution < 1.29 is 0 Å². The summed E-state index contributed by atoms with van der Waals surface area (Å²) in [5.41, 5.74) is 1.29. The van der Waals surface area contributed by atoms with Crippen molar-refractivity contribution in [1.29, 1.82) is 5.26 Å². The Bertz CT molecular complexity index is 421. The molecule has 0 radical (unpaired) electrons. The van der Waals surface area contributed by atoms with Gasteiger partial charge in [-0.05, 0) is 25.5 Å². The minimum atomic E-state index is 0.0575. The molecule has 2 rings (SSSR count). The second-order valence-electron chi connectivity index (χ2n) is 5.62. The van der Waals surface area contributed by atoms with Crippen LogP contribution in [0.15, 0.2) is 24.5 Å². The molecule has 2 heterocycles. The molecule has 96 valence electrons. The van der Waals surface area contributed by atoms with Crippen LogP contribution in [0.2, 0.25) is 0 Å². The van der Waals surface area contributed by atoms with Crippen LogP contribution in [0.3, 0.4) is 0 Å². The summed E-state index contributed by atoms with van der Waals surface area (Å²) in [6, 6.07) is 6.58. The third kappa shape index (κ3) is 3.52. The van der Waals surface area contributed by atoms with Crippen LogP contribution >= 0.6 is 0 Å². The molecule has 0 saturated carbocycles. The molecule has 0 bridgehead atoms. The van der Waals surface area contributed by atoms with Crippen molar-refractivity contribution in [1.82, 2.24) is 15.2 Å². The van der Waals surface area contributed by atoms with Crippen LogP contribution in [0.5, 0.6) is 0 Å². The first-order valence-corrected chi connectivity index (χ1v) is 6.35. The molecule has 18 heavy (non-hydrogen) atoms. The van der Waals surface area contributed by atoms with Gasteiger partial charge in [-0.25, -0.2) is 0 Å². The Morgan fingerprint density at radius 2 is 2.44 bits per heavy atom. The Labute approximate surface area is 109 Å². The molecule has 0 amide bonds. The molecule has 1 saturated heterocycles. The fourth-order valence-electron chi connectivity index (χ4n) is 2.68. The summed E-state index contributed by atoms with van der Waals surface area (Å²) in [6.45, 7) is 7.19. The molecule has 4 heteroatoms. The number of hydrogen-bond donors (Lipinski definition) is 1. The largest absolute Gasteiger partial charge is 0.305 e. The van der Waals surface area contributed by atoms with Crippen molar-refractivity contribution in [3.8, 4) is 6.07 Å². The van der Waals surface area contributed by atoms with Crippen molar-refractivity contribution in [2.45, 2.75) is 38.4 Å². The van der Waals surface area contributed by atoms with Gasteiger partial charge in [0.25, 0.3) is 0 Å². The van der Waals surface area contributed by atoms with Gasteiger partial charge in [-0.15, -0.1) is 0 Å². The molecule has 0 aliphatic carbocycles. The van der Waals surface area contributed by atoms with Gasteiger partial charge in [0.05, 0.1) is 12.5 Å². The summed E-state index contributed by atoms with van der Waals surface area (Å²) in [7, 11) is 0. The van der Waals surface area contributed by atoms with Gasteiger partial charge in [-0.3, -0.25) is 9.88 Å². The topological polar surface area (TPSA) is 52.0 Å². The van der Waals surface area contributed by atoms with Crippen molar-refractivity contribution in [2.24, 2.45) is 0 Å². The molecule has 1 atom stereocenters. The minimum absolute atomic E-state index is 0.0575. The number of nitrogens with one attached hydrogen (secondary N) is 1. The smallest absolute Gasteiger partial charge is 0.0638 e. The second-order valence-corrected chi connectivity index (χ2v) is 5.62. The lowest BCUT2D eigenvalue weighted by atomic mass is 9.97.